The van der Waals surface area contributed by atoms with E-state index in [9.17, 15) is 9.59 Å². The van der Waals surface area contributed by atoms with Crippen molar-refractivity contribution in [3.05, 3.63) is 47.7 Å². The summed E-state index contributed by atoms with van der Waals surface area (Å²) in [6.07, 6.45) is 5.35. The van der Waals surface area contributed by atoms with E-state index >= 15 is 0 Å². The van der Waals surface area contributed by atoms with E-state index in [4.69, 9.17) is 9.47 Å². The quantitative estimate of drug-likeness (QED) is 0.661. The van der Waals surface area contributed by atoms with Gasteiger partial charge in [0.05, 0.1) is 25.3 Å². The van der Waals surface area contributed by atoms with E-state index in [0.717, 1.165) is 36.8 Å². The maximum atomic E-state index is 12.3. The van der Waals surface area contributed by atoms with Crippen LogP contribution in [0.5, 0.6) is 5.75 Å². The summed E-state index contributed by atoms with van der Waals surface area (Å²) < 4.78 is 10.4. The zero-order valence-electron chi connectivity index (χ0n) is 17.7. The first-order chi connectivity index (χ1) is 14.5. The van der Waals surface area contributed by atoms with Crippen LogP contribution < -0.4 is 15.4 Å². The van der Waals surface area contributed by atoms with E-state index in [1.165, 1.54) is 0 Å². The molecule has 0 aliphatic heterocycles. The number of nitrogens with one attached hydrogen (secondary N) is 2. The number of ether oxygens (including phenoxy) is 2. The SMILES string of the molecule is CCOC(=O)C1CCC(c2ccc(NC(=O)Nc3cc(C)ccc3OC)nc2)CC1. The highest BCUT2D eigenvalue weighted by Crippen LogP contribution is 2.36. The van der Waals surface area contributed by atoms with Gasteiger partial charge in [-0.1, -0.05) is 12.1 Å². The Morgan fingerprint density at radius 1 is 1.10 bits per heavy atom. The van der Waals surface area contributed by atoms with Gasteiger partial charge in [0.15, 0.2) is 0 Å². The van der Waals surface area contributed by atoms with Crippen LogP contribution in [0.2, 0.25) is 0 Å². The molecule has 7 heteroatoms. The number of carbonyl (C=O) groups is 2. The van der Waals surface area contributed by atoms with Gasteiger partial charge in [0.25, 0.3) is 0 Å². The molecule has 2 aromatic rings. The minimum atomic E-state index is -0.380. The second kappa shape index (κ2) is 10.1. The molecule has 1 saturated carbocycles. The zero-order chi connectivity index (χ0) is 21.5. The van der Waals surface area contributed by atoms with Gasteiger partial charge in [-0.3, -0.25) is 10.1 Å². The van der Waals surface area contributed by atoms with E-state index in [1.807, 2.05) is 38.1 Å². The Morgan fingerprint density at radius 2 is 1.87 bits per heavy atom. The molecule has 0 atom stereocenters. The van der Waals surface area contributed by atoms with Crippen molar-refractivity contribution >= 4 is 23.5 Å². The molecule has 0 bridgehead atoms. The Hall–Kier alpha value is -3.09. The molecule has 1 aliphatic carbocycles. The number of urea groups is 1. The third-order valence-electron chi connectivity index (χ3n) is 5.45. The van der Waals surface area contributed by atoms with Crippen LogP contribution in [0.25, 0.3) is 0 Å². The molecule has 7 nitrogen and oxygen atoms in total. The van der Waals surface area contributed by atoms with Crippen molar-refractivity contribution in [3.8, 4) is 5.75 Å². The van der Waals surface area contributed by atoms with Gasteiger partial charge in [-0.05, 0) is 74.8 Å². The maximum absolute atomic E-state index is 12.3. The second-order valence-corrected chi connectivity index (χ2v) is 7.56. The molecule has 160 valence electrons. The summed E-state index contributed by atoms with van der Waals surface area (Å²) in [7, 11) is 1.56. The van der Waals surface area contributed by atoms with Gasteiger partial charge in [0, 0.05) is 6.20 Å². The Kier molecular flexibility index (Phi) is 7.27. The fraction of sp³-hybridized carbons (Fsp3) is 0.435. The van der Waals surface area contributed by atoms with E-state index in [1.54, 1.807) is 19.4 Å². The van der Waals surface area contributed by atoms with Crippen molar-refractivity contribution < 1.29 is 19.1 Å². The Balaban J connectivity index is 1.54. The summed E-state index contributed by atoms with van der Waals surface area (Å²) in [6, 6.07) is 9.00. The van der Waals surface area contributed by atoms with Crippen LogP contribution in [0.4, 0.5) is 16.3 Å². The van der Waals surface area contributed by atoms with Crippen molar-refractivity contribution in [2.75, 3.05) is 24.4 Å². The number of rotatable bonds is 6. The molecule has 0 spiro atoms. The molecule has 1 aliphatic rings. The first-order valence-electron chi connectivity index (χ1n) is 10.4. The number of benzene rings is 1. The minimum Gasteiger partial charge on any atom is -0.495 e. The van der Waals surface area contributed by atoms with Gasteiger partial charge in [-0.2, -0.15) is 0 Å². The number of methoxy groups -OCH3 is 1. The fourth-order valence-corrected chi connectivity index (χ4v) is 3.83. The van der Waals surface area contributed by atoms with Crippen molar-refractivity contribution in [1.29, 1.82) is 0 Å². The lowest BCUT2D eigenvalue weighted by Crippen LogP contribution is -2.23. The van der Waals surface area contributed by atoms with E-state index in [-0.39, 0.29) is 17.9 Å². The van der Waals surface area contributed by atoms with Crippen molar-refractivity contribution in [2.45, 2.75) is 45.4 Å². The Labute approximate surface area is 177 Å². The zero-order valence-corrected chi connectivity index (χ0v) is 17.7. The third-order valence-corrected chi connectivity index (χ3v) is 5.45. The molecule has 0 saturated heterocycles. The van der Waals surface area contributed by atoms with Crippen LogP contribution in [0, 0.1) is 12.8 Å². The number of amides is 2. The predicted octanol–water partition coefficient (Wildman–Crippen LogP) is 4.88. The maximum Gasteiger partial charge on any atom is 0.324 e. The number of esters is 1. The van der Waals surface area contributed by atoms with Gasteiger partial charge in [-0.15, -0.1) is 0 Å². The van der Waals surface area contributed by atoms with Crippen molar-refractivity contribution in [1.82, 2.24) is 4.98 Å². The van der Waals surface area contributed by atoms with Crippen LogP contribution in [-0.4, -0.2) is 30.7 Å². The summed E-state index contributed by atoms with van der Waals surface area (Å²) in [4.78, 5) is 28.6. The lowest BCUT2D eigenvalue weighted by atomic mass is 9.79. The average Bonchev–Trinajstić information content (AvgIpc) is 2.75. The van der Waals surface area contributed by atoms with Crippen LogP contribution in [0.3, 0.4) is 0 Å². The Morgan fingerprint density at radius 3 is 2.50 bits per heavy atom. The van der Waals surface area contributed by atoms with Crippen LogP contribution in [0.1, 0.15) is 49.7 Å². The topological polar surface area (TPSA) is 89.5 Å². The molecule has 2 amide bonds. The van der Waals surface area contributed by atoms with Gasteiger partial charge >= 0.3 is 12.0 Å². The molecule has 30 heavy (non-hydrogen) atoms. The summed E-state index contributed by atoms with van der Waals surface area (Å²) in [5.41, 5.74) is 2.75. The molecule has 1 aromatic heterocycles. The lowest BCUT2D eigenvalue weighted by molar-refractivity contribution is -0.149. The summed E-state index contributed by atoms with van der Waals surface area (Å²) in [5.74, 6) is 1.38. The first kappa shape index (κ1) is 21.6. The van der Waals surface area contributed by atoms with E-state index < -0.39 is 0 Å². The molecule has 3 rings (SSSR count). The number of hydrogen-bond donors (Lipinski definition) is 2. The van der Waals surface area contributed by atoms with Gasteiger partial charge in [0.1, 0.15) is 11.6 Å². The molecule has 0 radical (unpaired) electrons. The highest BCUT2D eigenvalue weighted by molar-refractivity contribution is 6.00. The molecule has 0 unspecified atom stereocenters. The largest absolute Gasteiger partial charge is 0.495 e. The van der Waals surface area contributed by atoms with Crippen LogP contribution in [0.15, 0.2) is 36.5 Å². The smallest absolute Gasteiger partial charge is 0.324 e. The van der Waals surface area contributed by atoms with Gasteiger partial charge in [-0.25, -0.2) is 9.78 Å². The number of hydrogen-bond acceptors (Lipinski definition) is 5. The summed E-state index contributed by atoms with van der Waals surface area (Å²) in [5, 5.41) is 5.55. The van der Waals surface area contributed by atoms with E-state index in [2.05, 4.69) is 15.6 Å². The van der Waals surface area contributed by atoms with Crippen molar-refractivity contribution in [3.63, 3.8) is 0 Å². The molecule has 1 fully saturated rings. The monoisotopic (exact) mass is 411 g/mol. The van der Waals surface area contributed by atoms with E-state index in [0.29, 0.717) is 29.8 Å². The minimum absolute atomic E-state index is 0.0115. The number of nitrogens with zero attached hydrogens (tertiary/aromatic N) is 1. The summed E-state index contributed by atoms with van der Waals surface area (Å²) in [6.45, 7) is 4.22. The van der Waals surface area contributed by atoms with Gasteiger partial charge in [0.2, 0.25) is 0 Å². The molecular weight excluding hydrogens is 382 g/mol. The number of pyridine rings is 1. The number of anilines is 2. The standard InChI is InChI=1S/C23H29N3O4/c1-4-30-22(27)17-8-6-16(7-9-17)18-10-12-21(24-14-18)26-23(28)25-19-13-15(2)5-11-20(19)29-3/h5,10-14,16-17H,4,6-9H2,1-3H3,(H2,24,25,26,28). The number of carbonyl (C=O) groups excluding carboxylic acids is 2. The predicted molar refractivity (Wildman–Crippen MR) is 116 cm³/mol. The highest BCUT2D eigenvalue weighted by Gasteiger charge is 2.28. The fourth-order valence-electron chi connectivity index (χ4n) is 3.83. The summed E-state index contributed by atoms with van der Waals surface area (Å²) >= 11 is 0. The second-order valence-electron chi connectivity index (χ2n) is 7.56. The number of aryl methyl sites for hydroxylation is 1. The van der Waals surface area contributed by atoms with Crippen molar-refractivity contribution in [2.24, 2.45) is 5.92 Å². The van der Waals surface area contributed by atoms with Gasteiger partial charge < -0.3 is 14.8 Å². The number of aromatic nitrogens is 1. The lowest BCUT2D eigenvalue weighted by Gasteiger charge is -2.27. The highest BCUT2D eigenvalue weighted by atomic mass is 16.5. The molecule has 1 aromatic carbocycles. The average molecular weight is 412 g/mol. The molecular formula is C23H29N3O4. The molecule has 2 N–H and O–H groups in total. The third kappa shape index (κ3) is 5.49. The van der Waals surface area contributed by atoms with Crippen LogP contribution >= 0.6 is 0 Å². The molecule has 1 heterocycles. The Bertz CT molecular complexity index is 875. The first-order valence-corrected chi connectivity index (χ1v) is 10.4. The van der Waals surface area contributed by atoms with Crippen LogP contribution in [-0.2, 0) is 9.53 Å². The normalized spacial score (nSPS) is 18.4.